The van der Waals surface area contributed by atoms with E-state index in [1.54, 1.807) is 0 Å². The number of carbonyl (C=O) groups is 1. The molecule has 1 amide bonds. The second kappa shape index (κ2) is 4.75. The Morgan fingerprint density at radius 2 is 2.27 bits per heavy atom. The minimum absolute atomic E-state index is 0.0210. The third-order valence-electron chi connectivity index (χ3n) is 1.49. The number of hydrogen-bond acceptors (Lipinski definition) is 2. The summed E-state index contributed by atoms with van der Waals surface area (Å²) >= 11 is 0. The summed E-state index contributed by atoms with van der Waals surface area (Å²) in [4.78, 5) is 10.5. The molecule has 3 heteroatoms. The Morgan fingerprint density at radius 3 is 2.64 bits per heavy atom. The van der Waals surface area contributed by atoms with E-state index in [0.717, 1.165) is 0 Å². The monoisotopic (exact) mass is 154 g/mol. The summed E-state index contributed by atoms with van der Waals surface area (Å²) < 4.78 is 0. The van der Waals surface area contributed by atoms with Crippen LogP contribution in [0.2, 0.25) is 0 Å². The van der Waals surface area contributed by atoms with E-state index in [4.69, 9.17) is 12.2 Å². The minimum Gasteiger partial charge on any atom is -0.344 e. The molecule has 0 aliphatic rings. The fourth-order valence-corrected chi connectivity index (χ4v) is 0.497. The van der Waals surface area contributed by atoms with Gasteiger partial charge in [-0.3, -0.25) is 4.79 Å². The predicted octanol–water partition coefficient (Wildman–Crippen LogP) is -0.281. The molecular formula is C8H14N2O. The summed E-state index contributed by atoms with van der Waals surface area (Å²) in [6, 6.07) is -0.0210. The minimum atomic E-state index is -0.402. The van der Waals surface area contributed by atoms with E-state index in [1.165, 1.54) is 0 Å². The SMILES string of the molecule is C#CC(=O)NCC(N)C(C)C. The van der Waals surface area contributed by atoms with Crippen LogP contribution < -0.4 is 11.1 Å². The van der Waals surface area contributed by atoms with E-state index >= 15 is 0 Å². The van der Waals surface area contributed by atoms with E-state index < -0.39 is 5.91 Å². The molecule has 1 atom stereocenters. The number of terminal acetylenes is 1. The van der Waals surface area contributed by atoms with Crippen molar-refractivity contribution in [1.29, 1.82) is 0 Å². The Balaban J connectivity index is 3.56. The molecule has 0 rings (SSSR count). The van der Waals surface area contributed by atoms with Gasteiger partial charge in [0, 0.05) is 12.6 Å². The van der Waals surface area contributed by atoms with Crippen LogP contribution in [0.5, 0.6) is 0 Å². The normalized spacial score (nSPS) is 12.3. The van der Waals surface area contributed by atoms with Crippen molar-refractivity contribution in [3.63, 3.8) is 0 Å². The zero-order chi connectivity index (χ0) is 8.85. The zero-order valence-corrected chi connectivity index (χ0v) is 6.92. The first-order valence-corrected chi connectivity index (χ1v) is 3.58. The maximum absolute atomic E-state index is 10.5. The van der Waals surface area contributed by atoms with E-state index in [2.05, 4.69) is 5.32 Å². The van der Waals surface area contributed by atoms with Crippen LogP contribution in [-0.4, -0.2) is 18.5 Å². The van der Waals surface area contributed by atoms with Crippen LogP contribution in [0.1, 0.15) is 13.8 Å². The fraction of sp³-hybridized carbons (Fsp3) is 0.625. The quantitative estimate of drug-likeness (QED) is 0.549. The van der Waals surface area contributed by atoms with Gasteiger partial charge in [0.1, 0.15) is 0 Å². The van der Waals surface area contributed by atoms with Crippen LogP contribution >= 0.6 is 0 Å². The molecule has 0 aliphatic heterocycles. The lowest BCUT2D eigenvalue weighted by Crippen LogP contribution is -2.39. The molecule has 0 radical (unpaired) electrons. The van der Waals surface area contributed by atoms with Gasteiger partial charge in [0.05, 0.1) is 0 Å². The van der Waals surface area contributed by atoms with Crippen molar-refractivity contribution in [3.8, 4) is 12.3 Å². The standard InChI is InChI=1S/C8H14N2O/c1-4-8(11)10-5-7(9)6(2)3/h1,6-7H,5,9H2,2-3H3,(H,10,11). The van der Waals surface area contributed by atoms with Crippen LogP contribution in [0.25, 0.3) is 0 Å². The smallest absolute Gasteiger partial charge is 0.295 e. The first kappa shape index (κ1) is 9.99. The molecule has 3 nitrogen and oxygen atoms in total. The highest BCUT2D eigenvalue weighted by Gasteiger charge is 2.07. The van der Waals surface area contributed by atoms with Crippen molar-refractivity contribution in [1.82, 2.24) is 5.32 Å². The highest BCUT2D eigenvalue weighted by Crippen LogP contribution is 1.95. The lowest BCUT2D eigenvalue weighted by Gasteiger charge is -2.14. The number of carbonyl (C=O) groups excluding carboxylic acids is 1. The van der Waals surface area contributed by atoms with Gasteiger partial charge in [0.2, 0.25) is 0 Å². The van der Waals surface area contributed by atoms with Gasteiger partial charge < -0.3 is 11.1 Å². The molecule has 0 fully saturated rings. The van der Waals surface area contributed by atoms with E-state index in [1.807, 2.05) is 19.8 Å². The van der Waals surface area contributed by atoms with Crippen molar-refractivity contribution in [2.45, 2.75) is 19.9 Å². The predicted molar refractivity (Wildman–Crippen MR) is 44.7 cm³/mol. The van der Waals surface area contributed by atoms with E-state index in [9.17, 15) is 4.79 Å². The molecule has 0 spiro atoms. The molecule has 0 saturated carbocycles. The lowest BCUT2D eigenvalue weighted by molar-refractivity contribution is -0.115. The molecular weight excluding hydrogens is 140 g/mol. The lowest BCUT2D eigenvalue weighted by atomic mass is 10.1. The maximum atomic E-state index is 10.5. The Labute approximate surface area is 67.3 Å². The van der Waals surface area contributed by atoms with Crippen LogP contribution in [-0.2, 0) is 4.79 Å². The average Bonchev–Trinajstić information content (AvgIpc) is 1.99. The highest BCUT2D eigenvalue weighted by molar-refractivity contribution is 5.92. The van der Waals surface area contributed by atoms with Gasteiger partial charge in [0.25, 0.3) is 5.91 Å². The third-order valence-corrected chi connectivity index (χ3v) is 1.49. The second-order valence-corrected chi connectivity index (χ2v) is 2.76. The summed E-state index contributed by atoms with van der Waals surface area (Å²) in [6.45, 7) is 4.43. The first-order chi connectivity index (χ1) is 5.07. The van der Waals surface area contributed by atoms with Crippen molar-refractivity contribution in [3.05, 3.63) is 0 Å². The Hall–Kier alpha value is -1.01. The van der Waals surface area contributed by atoms with E-state index in [0.29, 0.717) is 12.5 Å². The average molecular weight is 154 g/mol. The van der Waals surface area contributed by atoms with Gasteiger partial charge in [0.15, 0.2) is 0 Å². The molecule has 0 bridgehead atoms. The molecule has 0 heterocycles. The summed E-state index contributed by atoms with van der Waals surface area (Å²) in [5.41, 5.74) is 5.64. The summed E-state index contributed by atoms with van der Waals surface area (Å²) in [5.74, 6) is 1.91. The van der Waals surface area contributed by atoms with Gasteiger partial charge in [-0.05, 0) is 11.8 Å². The van der Waals surface area contributed by atoms with Gasteiger partial charge in [-0.2, -0.15) is 0 Å². The highest BCUT2D eigenvalue weighted by atomic mass is 16.1. The number of nitrogens with two attached hydrogens (primary N) is 1. The Bertz CT molecular complexity index is 169. The third kappa shape index (κ3) is 4.40. The van der Waals surface area contributed by atoms with Gasteiger partial charge in [-0.15, -0.1) is 6.42 Å². The molecule has 0 aliphatic carbocycles. The van der Waals surface area contributed by atoms with Crippen LogP contribution in [0, 0.1) is 18.3 Å². The summed E-state index contributed by atoms with van der Waals surface area (Å²) in [6.07, 6.45) is 4.83. The largest absolute Gasteiger partial charge is 0.344 e. The Morgan fingerprint density at radius 1 is 1.73 bits per heavy atom. The zero-order valence-electron chi connectivity index (χ0n) is 6.92. The molecule has 0 saturated heterocycles. The summed E-state index contributed by atoms with van der Waals surface area (Å²) in [7, 11) is 0. The first-order valence-electron chi connectivity index (χ1n) is 3.58. The fourth-order valence-electron chi connectivity index (χ4n) is 0.497. The van der Waals surface area contributed by atoms with Crippen LogP contribution in [0.15, 0.2) is 0 Å². The number of hydrogen-bond donors (Lipinski definition) is 2. The molecule has 11 heavy (non-hydrogen) atoms. The molecule has 62 valence electrons. The van der Waals surface area contributed by atoms with Crippen molar-refractivity contribution < 1.29 is 4.79 Å². The number of nitrogens with one attached hydrogen (secondary N) is 1. The molecule has 3 N–H and O–H groups in total. The molecule has 0 aromatic rings. The Kier molecular flexibility index (Phi) is 4.32. The van der Waals surface area contributed by atoms with Crippen molar-refractivity contribution in [2.24, 2.45) is 11.7 Å². The topological polar surface area (TPSA) is 55.1 Å². The molecule has 0 aromatic carbocycles. The van der Waals surface area contributed by atoms with Crippen molar-refractivity contribution >= 4 is 5.91 Å². The summed E-state index contributed by atoms with van der Waals surface area (Å²) in [5, 5.41) is 2.51. The number of rotatable bonds is 3. The second-order valence-electron chi connectivity index (χ2n) is 2.76. The van der Waals surface area contributed by atoms with E-state index in [-0.39, 0.29) is 6.04 Å². The van der Waals surface area contributed by atoms with Gasteiger partial charge in [-0.1, -0.05) is 13.8 Å². The van der Waals surface area contributed by atoms with Gasteiger partial charge in [-0.25, -0.2) is 0 Å². The van der Waals surface area contributed by atoms with Crippen molar-refractivity contribution in [2.75, 3.05) is 6.54 Å². The molecule has 1 unspecified atom stereocenters. The van der Waals surface area contributed by atoms with Crippen LogP contribution in [0.4, 0.5) is 0 Å². The number of amides is 1. The van der Waals surface area contributed by atoms with Crippen LogP contribution in [0.3, 0.4) is 0 Å². The molecule has 0 aromatic heterocycles. The van der Waals surface area contributed by atoms with Gasteiger partial charge >= 0.3 is 0 Å². The maximum Gasteiger partial charge on any atom is 0.295 e.